The summed E-state index contributed by atoms with van der Waals surface area (Å²) in [6, 6.07) is 14.4. The fourth-order valence-corrected chi connectivity index (χ4v) is 1.87. The maximum Gasteiger partial charge on any atom is 0.335 e. The monoisotopic (exact) mass is 312 g/mol. The van der Waals surface area contributed by atoms with Crippen LogP contribution in [0.4, 0.5) is 0 Å². The van der Waals surface area contributed by atoms with E-state index in [9.17, 15) is 4.79 Å². The van der Waals surface area contributed by atoms with E-state index in [1.54, 1.807) is 37.3 Å². The molecule has 4 nitrogen and oxygen atoms in total. The summed E-state index contributed by atoms with van der Waals surface area (Å²) < 4.78 is 16.7. The number of allylic oxidation sites excluding steroid dienone is 1. The average Bonchev–Trinajstić information content (AvgIpc) is 2.55. The van der Waals surface area contributed by atoms with Crippen LogP contribution in [0.25, 0.3) is 0 Å². The van der Waals surface area contributed by atoms with E-state index < -0.39 is 5.97 Å². The smallest absolute Gasteiger partial charge is 0.335 e. The van der Waals surface area contributed by atoms with Gasteiger partial charge < -0.3 is 14.2 Å². The van der Waals surface area contributed by atoms with Gasteiger partial charge in [-0.2, -0.15) is 0 Å². The van der Waals surface area contributed by atoms with Crippen LogP contribution in [0.3, 0.4) is 0 Å². The van der Waals surface area contributed by atoms with Crippen molar-refractivity contribution in [1.29, 1.82) is 0 Å². The van der Waals surface area contributed by atoms with Gasteiger partial charge in [0.2, 0.25) is 0 Å². The van der Waals surface area contributed by atoms with Crippen molar-refractivity contribution < 1.29 is 19.0 Å². The van der Waals surface area contributed by atoms with Gasteiger partial charge in [0.15, 0.2) is 11.5 Å². The van der Waals surface area contributed by atoms with Crippen LogP contribution in [0.1, 0.15) is 20.3 Å². The van der Waals surface area contributed by atoms with Gasteiger partial charge in [-0.25, -0.2) is 4.79 Å². The van der Waals surface area contributed by atoms with Crippen LogP contribution >= 0.6 is 0 Å². The molecule has 0 saturated carbocycles. The van der Waals surface area contributed by atoms with Crippen LogP contribution in [0.15, 0.2) is 60.7 Å². The lowest BCUT2D eigenvalue weighted by atomic mass is 10.3. The summed E-state index contributed by atoms with van der Waals surface area (Å²) in [7, 11) is 0. The number of hydrogen-bond acceptors (Lipinski definition) is 4. The van der Waals surface area contributed by atoms with Gasteiger partial charge in [-0.1, -0.05) is 31.2 Å². The quantitative estimate of drug-likeness (QED) is 0.420. The average molecular weight is 312 g/mol. The summed E-state index contributed by atoms with van der Waals surface area (Å²) in [5.41, 5.74) is 0. The van der Waals surface area contributed by atoms with Gasteiger partial charge in [-0.15, -0.1) is 0 Å². The second-order valence-corrected chi connectivity index (χ2v) is 4.79. The summed E-state index contributed by atoms with van der Waals surface area (Å²) in [4.78, 5) is 11.6. The second kappa shape index (κ2) is 8.63. The van der Waals surface area contributed by atoms with Crippen molar-refractivity contribution >= 4 is 5.97 Å². The largest absolute Gasteiger partial charge is 0.493 e. The molecular formula is C19H20O4. The van der Waals surface area contributed by atoms with Crippen molar-refractivity contribution in [2.45, 2.75) is 20.3 Å². The molecule has 0 saturated heterocycles. The summed E-state index contributed by atoms with van der Waals surface area (Å²) >= 11 is 0. The molecule has 0 bridgehead atoms. The number of hydrogen-bond donors (Lipinski definition) is 0. The Kier molecular flexibility index (Phi) is 6.24. The molecule has 2 aromatic rings. The third-order valence-corrected chi connectivity index (χ3v) is 2.87. The van der Waals surface area contributed by atoms with Crippen molar-refractivity contribution in [2.24, 2.45) is 0 Å². The Labute approximate surface area is 136 Å². The maximum absolute atomic E-state index is 11.6. The zero-order chi connectivity index (χ0) is 16.5. The van der Waals surface area contributed by atoms with Gasteiger partial charge in [0.05, 0.1) is 6.61 Å². The highest BCUT2D eigenvalue weighted by atomic mass is 16.6. The molecule has 0 aliphatic carbocycles. The Morgan fingerprint density at radius 1 is 1.04 bits per heavy atom. The highest BCUT2D eigenvalue weighted by Crippen LogP contribution is 2.32. The van der Waals surface area contributed by atoms with Crippen molar-refractivity contribution in [3.8, 4) is 23.0 Å². The van der Waals surface area contributed by atoms with Gasteiger partial charge in [0.25, 0.3) is 0 Å². The number of benzene rings is 2. The maximum atomic E-state index is 11.6. The van der Waals surface area contributed by atoms with Crippen LogP contribution in [0, 0.1) is 0 Å². The molecule has 0 aliphatic heterocycles. The topological polar surface area (TPSA) is 44.8 Å². The van der Waals surface area contributed by atoms with Crippen LogP contribution in [0.2, 0.25) is 0 Å². The molecular weight excluding hydrogens is 292 g/mol. The normalized spacial score (nSPS) is 10.5. The standard InChI is InChI=1S/C19H20O4/c1-3-8-19(20)23-18-12-6-5-11-17(18)22-16-10-7-9-15(14-16)21-13-4-2/h3,5-12,14H,4,13H2,1-2H3. The Balaban J connectivity index is 2.15. The Hall–Kier alpha value is -2.75. The first-order valence-electron chi connectivity index (χ1n) is 7.57. The lowest BCUT2D eigenvalue weighted by molar-refractivity contribution is -0.129. The van der Waals surface area contributed by atoms with Crippen LogP contribution in [-0.2, 0) is 4.79 Å². The fourth-order valence-electron chi connectivity index (χ4n) is 1.87. The third kappa shape index (κ3) is 5.18. The van der Waals surface area contributed by atoms with E-state index in [1.165, 1.54) is 6.08 Å². The predicted octanol–water partition coefficient (Wildman–Crippen LogP) is 4.75. The van der Waals surface area contributed by atoms with Gasteiger partial charge in [0, 0.05) is 12.1 Å². The van der Waals surface area contributed by atoms with E-state index in [0.29, 0.717) is 23.9 Å². The Morgan fingerprint density at radius 3 is 2.52 bits per heavy atom. The van der Waals surface area contributed by atoms with Crippen molar-refractivity contribution in [3.63, 3.8) is 0 Å². The van der Waals surface area contributed by atoms with E-state index in [1.807, 2.05) is 24.3 Å². The molecule has 0 N–H and O–H groups in total. The lowest BCUT2D eigenvalue weighted by Gasteiger charge is -2.11. The summed E-state index contributed by atoms with van der Waals surface area (Å²) in [5, 5.41) is 0. The highest BCUT2D eigenvalue weighted by molar-refractivity contribution is 5.84. The molecule has 2 rings (SSSR count). The number of para-hydroxylation sites is 2. The first-order valence-corrected chi connectivity index (χ1v) is 7.57. The minimum absolute atomic E-state index is 0.371. The zero-order valence-electron chi connectivity index (χ0n) is 13.3. The molecule has 0 heterocycles. The SMILES string of the molecule is CC=CC(=O)Oc1ccccc1Oc1cccc(OCCC)c1. The first kappa shape index (κ1) is 16.6. The molecule has 0 radical (unpaired) electrons. The van der Waals surface area contributed by atoms with Crippen LogP contribution in [-0.4, -0.2) is 12.6 Å². The minimum atomic E-state index is -0.441. The Morgan fingerprint density at radius 2 is 1.78 bits per heavy atom. The van der Waals surface area contributed by atoms with E-state index in [2.05, 4.69) is 6.92 Å². The highest BCUT2D eigenvalue weighted by Gasteiger charge is 2.09. The molecule has 0 aromatic heterocycles. The number of rotatable bonds is 7. The van der Waals surface area contributed by atoms with E-state index in [-0.39, 0.29) is 0 Å². The molecule has 0 amide bonds. The van der Waals surface area contributed by atoms with Crippen LogP contribution < -0.4 is 14.2 Å². The number of carbonyl (C=O) groups is 1. The lowest BCUT2D eigenvalue weighted by Crippen LogP contribution is -2.04. The molecule has 4 heteroatoms. The number of esters is 1. The van der Waals surface area contributed by atoms with Gasteiger partial charge in [-0.05, 0) is 37.6 Å². The third-order valence-electron chi connectivity index (χ3n) is 2.87. The van der Waals surface area contributed by atoms with Crippen molar-refractivity contribution in [1.82, 2.24) is 0 Å². The first-order chi connectivity index (χ1) is 11.2. The van der Waals surface area contributed by atoms with Crippen molar-refractivity contribution in [2.75, 3.05) is 6.61 Å². The minimum Gasteiger partial charge on any atom is -0.493 e. The summed E-state index contributed by atoms with van der Waals surface area (Å²) in [6.45, 7) is 4.46. The number of ether oxygens (including phenoxy) is 3. The van der Waals surface area contributed by atoms with Crippen LogP contribution in [0.5, 0.6) is 23.0 Å². The molecule has 23 heavy (non-hydrogen) atoms. The van der Waals surface area contributed by atoms with E-state index >= 15 is 0 Å². The molecule has 0 fully saturated rings. The zero-order valence-corrected chi connectivity index (χ0v) is 13.3. The molecule has 2 aromatic carbocycles. The molecule has 0 aliphatic rings. The van der Waals surface area contributed by atoms with Gasteiger partial charge >= 0.3 is 5.97 Å². The van der Waals surface area contributed by atoms with Gasteiger partial charge in [-0.3, -0.25) is 0 Å². The number of carbonyl (C=O) groups excluding carboxylic acids is 1. The Bertz CT molecular complexity index is 677. The van der Waals surface area contributed by atoms with E-state index in [4.69, 9.17) is 14.2 Å². The van der Waals surface area contributed by atoms with Gasteiger partial charge in [0.1, 0.15) is 11.5 Å². The van der Waals surface area contributed by atoms with Crippen molar-refractivity contribution in [3.05, 3.63) is 60.7 Å². The molecule has 0 unspecified atom stereocenters. The molecule has 120 valence electrons. The second-order valence-electron chi connectivity index (χ2n) is 4.79. The van der Waals surface area contributed by atoms with E-state index in [0.717, 1.165) is 12.2 Å². The molecule has 0 atom stereocenters. The predicted molar refractivity (Wildman–Crippen MR) is 89.2 cm³/mol. The summed E-state index contributed by atoms with van der Waals surface area (Å²) in [5.74, 6) is 1.76. The fraction of sp³-hybridized carbons (Fsp3) is 0.211. The molecule has 0 spiro atoms. The summed E-state index contributed by atoms with van der Waals surface area (Å²) in [6.07, 6.45) is 3.92.